The topological polar surface area (TPSA) is 106 Å². The number of hydrogen-bond acceptors (Lipinski definition) is 8. The molecule has 5 rings (SSSR count). The molecule has 2 aromatic carbocycles. The van der Waals surface area contributed by atoms with Crippen molar-refractivity contribution in [3.63, 3.8) is 0 Å². The molecule has 2 fully saturated rings. The van der Waals surface area contributed by atoms with Gasteiger partial charge in [0.1, 0.15) is 24.4 Å². The minimum atomic E-state index is -1.41. The average Bonchev–Trinajstić information content (AvgIpc) is 3.36. The second-order valence-corrected chi connectivity index (χ2v) is 9.36. The number of rotatable bonds is 7. The smallest absolute Gasteiger partial charge is 0.302 e. The van der Waals surface area contributed by atoms with Gasteiger partial charge in [-0.2, -0.15) is 4.74 Å². The summed E-state index contributed by atoms with van der Waals surface area (Å²) in [5.74, 6) is -2.06. The number of ether oxygens (including phenoxy) is 5. The van der Waals surface area contributed by atoms with Crippen molar-refractivity contribution >= 4 is 23.2 Å². The van der Waals surface area contributed by atoms with Crippen molar-refractivity contribution in [3.05, 3.63) is 70.9 Å². The first kappa shape index (κ1) is 23.6. The van der Waals surface area contributed by atoms with Gasteiger partial charge in [0.05, 0.1) is 13.2 Å². The molecule has 35 heavy (non-hydrogen) atoms. The van der Waals surface area contributed by atoms with Gasteiger partial charge in [-0.05, 0) is 25.5 Å². The quantitative estimate of drug-likeness (QED) is 0.338. The van der Waals surface area contributed by atoms with Gasteiger partial charge in [-0.3, -0.25) is 9.59 Å². The summed E-state index contributed by atoms with van der Waals surface area (Å²) in [6, 6.07) is 16.2. The zero-order valence-electron chi connectivity index (χ0n) is 19.8. The largest absolute Gasteiger partial charge is 0.618 e. The highest BCUT2D eigenvalue weighted by Gasteiger charge is 2.70. The van der Waals surface area contributed by atoms with E-state index in [1.54, 1.807) is 38.1 Å². The number of ketones is 1. The standard InChI is InChI=1S/C26H27NO8/c1-16(28)32-15-26-23(34-25(2,3)35-26)20(14-31-13-17-9-5-4-6-10-17)33-24(26)21-22(29)18-11-7-8-12-19(18)27(21)30/h4-12,20,23-24H,13-15H2,1-3H3/t20-,23-,24+,26-/m1/s1. The van der Waals surface area contributed by atoms with Crippen LogP contribution < -0.4 is 0 Å². The number of para-hydroxylation sites is 1. The molecule has 0 saturated carbocycles. The molecule has 3 aliphatic rings. The Kier molecular flexibility index (Phi) is 5.96. The third-order valence-electron chi connectivity index (χ3n) is 6.38. The summed E-state index contributed by atoms with van der Waals surface area (Å²) >= 11 is 0. The summed E-state index contributed by atoms with van der Waals surface area (Å²) in [7, 11) is 0. The van der Waals surface area contributed by atoms with Crippen LogP contribution in [0.25, 0.3) is 0 Å². The lowest BCUT2D eigenvalue weighted by atomic mass is 9.87. The summed E-state index contributed by atoms with van der Waals surface area (Å²) in [6.45, 7) is 4.94. The molecule has 3 heterocycles. The maximum Gasteiger partial charge on any atom is 0.302 e. The van der Waals surface area contributed by atoms with Gasteiger partial charge in [-0.15, -0.1) is 0 Å². The summed E-state index contributed by atoms with van der Waals surface area (Å²) in [5.41, 5.74) is -0.0422. The first-order chi connectivity index (χ1) is 16.7. The maximum absolute atomic E-state index is 13.3. The van der Waals surface area contributed by atoms with E-state index in [0.29, 0.717) is 11.3 Å². The molecule has 2 saturated heterocycles. The van der Waals surface area contributed by atoms with Crippen LogP contribution in [0.5, 0.6) is 0 Å². The molecule has 9 nitrogen and oxygen atoms in total. The number of esters is 1. The lowest BCUT2D eigenvalue weighted by molar-refractivity contribution is -0.362. The summed E-state index contributed by atoms with van der Waals surface area (Å²) in [5, 5.41) is 13.3. The lowest BCUT2D eigenvalue weighted by Gasteiger charge is -2.31. The van der Waals surface area contributed by atoms with Gasteiger partial charge in [-0.1, -0.05) is 42.5 Å². The van der Waals surface area contributed by atoms with Crippen molar-refractivity contribution < 1.29 is 38.0 Å². The number of Topliss-reactive ketones (excluding diaryl/α,β-unsaturated/α-hetero) is 1. The summed E-state index contributed by atoms with van der Waals surface area (Å²) in [4.78, 5) is 25.1. The van der Waals surface area contributed by atoms with Crippen LogP contribution in [0.15, 0.2) is 54.6 Å². The first-order valence-corrected chi connectivity index (χ1v) is 11.5. The molecule has 0 radical (unpaired) electrons. The maximum atomic E-state index is 13.3. The fraction of sp³-hybridized carbons (Fsp3) is 0.423. The number of fused-ring (bicyclic) bond motifs is 2. The van der Waals surface area contributed by atoms with Crippen molar-refractivity contribution in [2.45, 2.75) is 57.1 Å². The van der Waals surface area contributed by atoms with Crippen LogP contribution >= 0.6 is 0 Å². The number of benzene rings is 2. The van der Waals surface area contributed by atoms with Crippen LogP contribution in [0.2, 0.25) is 0 Å². The molecule has 2 aromatic rings. The fourth-order valence-corrected chi connectivity index (χ4v) is 5.02. The van der Waals surface area contributed by atoms with Gasteiger partial charge in [0.25, 0.3) is 11.5 Å². The normalized spacial score (nSPS) is 28.8. The SMILES string of the molecule is CC(=O)OC[C@@]12OC(C)(C)O[C@@H]1[C@@H](COCc1ccccc1)O[C@H]2C1=[N+]([O-])c2ccccc2C1=O. The van der Waals surface area contributed by atoms with Gasteiger partial charge in [0, 0.05) is 13.0 Å². The number of carbonyl (C=O) groups excluding carboxylic acids is 2. The second-order valence-electron chi connectivity index (χ2n) is 9.36. The van der Waals surface area contributed by atoms with Crippen LogP contribution in [0, 0.1) is 5.21 Å². The fourth-order valence-electron chi connectivity index (χ4n) is 5.02. The molecule has 4 atom stereocenters. The van der Waals surface area contributed by atoms with E-state index in [2.05, 4.69) is 0 Å². The van der Waals surface area contributed by atoms with Crippen LogP contribution in [0.4, 0.5) is 5.69 Å². The van der Waals surface area contributed by atoms with Crippen LogP contribution in [0.1, 0.15) is 36.7 Å². The average molecular weight is 482 g/mol. The van der Waals surface area contributed by atoms with Crippen molar-refractivity contribution in [3.8, 4) is 0 Å². The Morgan fingerprint density at radius 2 is 1.83 bits per heavy atom. The van der Waals surface area contributed by atoms with E-state index >= 15 is 0 Å². The molecule has 0 amide bonds. The van der Waals surface area contributed by atoms with E-state index in [1.165, 1.54) is 6.92 Å². The highest BCUT2D eigenvalue weighted by Crippen LogP contribution is 2.49. The summed E-state index contributed by atoms with van der Waals surface area (Å²) in [6.07, 6.45) is -2.58. The number of carbonyl (C=O) groups is 2. The van der Waals surface area contributed by atoms with Crippen LogP contribution in [-0.4, -0.2) is 65.1 Å². The minimum Gasteiger partial charge on any atom is -0.618 e. The Hall–Kier alpha value is -3.11. The Balaban J connectivity index is 1.49. The molecular formula is C26H27NO8. The molecule has 3 aliphatic heterocycles. The highest BCUT2D eigenvalue weighted by atomic mass is 16.8. The van der Waals surface area contributed by atoms with Crippen molar-refractivity contribution in [2.75, 3.05) is 13.2 Å². The monoisotopic (exact) mass is 481 g/mol. The van der Waals surface area contributed by atoms with E-state index in [1.807, 2.05) is 30.3 Å². The van der Waals surface area contributed by atoms with E-state index in [9.17, 15) is 14.8 Å². The van der Waals surface area contributed by atoms with E-state index in [0.717, 1.165) is 5.56 Å². The molecule has 0 bridgehead atoms. The lowest BCUT2D eigenvalue weighted by Crippen LogP contribution is -2.56. The Morgan fingerprint density at radius 3 is 2.54 bits per heavy atom. The van der Waals surface area contributed by atoms with Gasteiger partial charge in [-0.25, -0.2) is 0 Å². The molecule has 0 spiro atoms. The molecule has 0 N–H and O–H groups in total. The zero-order valence-corrected chi connectivity index (χ0v) is 19.8. The Morgan fingerprint density at radius 1 is 1.11 bits per heavy atom. The van der Waals surface area contributed by atoms with Crippen LogP contribution in [0.3, 0.4) is 0 Å². The minimum absolute atomic E-state index is 0.116. The van der Waals surface area contributed by atoms with Gasteiger partial charge < -0.3 is 28.9 Å². The number of nitrogens with zero attached hydrogens (tertiary/aromatic N) is 1. The van der Waals surface area contributed by atoms with Crippen molar-refractivity contribution in [2.24, 2.45) is 0 Å². The predicted molar refractivity (Wildman–Crippen MR) is 123 cm³/mol. The third kappa shape index (κ3) is 4.14. The highest BCUT2D eigenvalue weighted by molar-refractivity contribution is 6.48. The van der Waals surface area contributed by atoms with Crippen molar-refractivity contribution in [1.82, 2.24) is 0 Å². The molecule has 9 heteroatoms. The van der Waals surface area contributed by atoms with Crippen LogP contribution in [-0.2, 0) is 35.1 Å². The van der Waals surface area contributed by atoms with E-state index in [4.69, 9.17) is 23.7 Å². The Bertz CT molecular complexity index is 1180. The third-order valence-corrected chi connectivity index (χ3v) is 6.38. The molecule has 0 unspecified atom stereocenters. The zero-order chi connectivity index (χ0) is 24.8. The molecule has 184 valence electrons. The summed E-state index contributed by atoms with van der Waals surface area (Å²) < 4.78 is 30.7. The van der Waals surface area contributed by atoms with Gasteiger partial charge in [0.2, 0.25) is 5.69 Å². The Labute approximate surface area is 202 Å². The first-order valence-electron chi connectivity index (χ1n) is 11.5. The van der Waals surface area contributed by atoms with Gasteiger partial charge >= 0.3 is 5.97 Å². The molecule has 0 aromatic heterocycles. The molecular weight excluding hydrogens is 454 g/mol. The van der Waals surface area contributed by atoms with E-state index < -0.39 is 41.5 Å². The molecule has 0 aliphatic carbocycles. The predicted octanol–water partition coefficient (Wildman–Crippen LogP) is 2.90. The number of hydrogen-bond donors (Lipinski definition) is 0. The van der Waals surface area contributed by atoms with Crippen molar-refractivity contribution in [1.29, 1.82) is 0 Å². The second kappa shape index (κ2) is 8.83. The van der Waals surface area contributed by atoms with E-state index in [-0.39, 0.29) is 30.2 Å². The van der Waals surface area contributed by atoms with Gasteiger partial charge in [0.15, 0.2) is 17.5 Å².